The van der Waals surface area contributed by atoms with E-state index in [1.165, 1.54) is 19.2 Å². The van der Waals surface area contributed by atoms with Gasteiger partial charge in [-0.25, -0.2) is 17.9 Å². The van der Waals surface area contributed by atoms with Gasteiger partial charge in [0.05, 0.1) is 17.1 Å². The van der Waals surface area contributed by atoms with Gasteiger partial charge in [0.1, 0.15) is 0 Å². The number of carbonyl (C=O) groups is 2. The van der Waals surface area contributed by atoms with Crippen LogP contribution in [-0.2, 0) is 26.0 Å². The SMILES string of the molecule is CCCOC(=O)c1ccc(NC(=O)CCc2ccc(S(=O)(=O)NC)cc2)cc1. The number of amides is 1. The minimum atomic E-state index is -3.46. The zero-order chi connectivity index (χ0) is 20.6. The van der Waals surface area contributed by atoms with Crippen molar-refractivity contribution in [1.82, 2.24) is 4.72 Å². The normalized spacial score (nSPS) is 11.1. The molecule has 0 aliphatic heterocycles. The predicted molar refractivity (Wildman–Crippen MR) is 107 cm³/mol. The van der Waals surface area contributed by atoms with Crippen molar-refractivity contribution < 1.29 is 22.7 Å². The number of hydrogen-bond acceptors (Lipinski definition) is 5. The summed E-state index contributed by atoms with van der Waals surface area (Å²) in [7, 11) is -2.11. The third kappa shape index (κ3) is 6.17. The van der Waals surface area contributed by atoms with E-state index in [4.69, 9.17) is 4.74 Å². The van der Waals surface area contributed by atoms with Crippen molar-refractivity contribution in [2.75, 3.05) is 19.0 Å². The molecule has 0 heterocycles. The molecule has 2 aromatic carbocycles. The first-order valence-corrected chi connectivity index (χ1v) is 10.4. The highest BCUT2D eigenvalue weighted by Gasteiger charge is 2.11. The van der Waals surface area contributed by atoms with E-state index in [-0.39, 0.29) is 23.2 Å². The van der Waals surface area contributed by atoms with Crippen molar-refractivity contribution in [3.8, 4) is 0 Å². The Labute approximate surface area is 165 Å². The van der Waals surface area contributed by atoms with Crippen LogP contribution in [-0.4, -0.2) is 33.9 Å². The van der Waals surface area contributed by atoms with Gasteiger partial charge in [0, 0.05) is 12.1 Å². The van der Waals surface area contributed by atoms with Crippen LogP contribution in [0.25, 0.3) is 0 Å². The number of hydrogen-bond donors (Lipinski definition) is 2. The van der Waals surface area contributed by atoms with E-state index in [1.807, 2.05) is 6.92 Å². The van der Waals surface area contributed by atoms with Crippen LogP contribution in [0, 0.1) is 0 Å². The van der Waals surface area contributed by atoms with Gasteiger partial charge in [-0.3, -0.25) is 4.79 Å². The highest BCUT2D eigenvalue weighted by atomic mass is 32.2. The van der Waals surface area contributed by atoms with Gasteiger partial charge in [0.2, 0.25) is 15.9 Å². The van der Waals surface area contributed by atoms with Crippen molar-refractivity contribution in [1.29, 1.82) is 0 Å². The monoisotopic (exact) mass is 404 g/mol. The number of carbonyl (C=O) groups excluding carboxylic acids is 2. The van der Waals surface area contributed by atoms with Crippen LogP contribution in [0.2, 0.25) is 0 Å². The van der Waals surface area contributed by atoms with Gasteiger partial charge >= 0.3 is 5.97 Å². The molecule has 0 fully saturated rings. The summed E-state index contributed by atoms with van der Waals surface area (Å²) in [5, 5.41) is 2.77. The summed E-state index contributed by atoms with van der Waals surface area (Å²) >= 11 is 0. The molecule has 2 N–H and O–H groups in total. The van der Waals surface area contributed by atoms with E-state index < -0.39 is 10.0 Å². The van der Waals surface area contributed by atoms with Crippen molar-refractivity contribution in [2.45, 2.75) is 31.1 Å². The lowest BCUT2D eigenvalue weighted by molar-refractivity contribution is -0.116. The van der Waals surface area contributed by atoms with Crippen molar-refractivity contribution in [2.24, 2.45) is 0 Å². The second-order valence-corrected chi connectivity index (χ2v) is 8.00. The summed E-state index contributed by atoms with van der Waals surface area (Å²) < 4.78 is 30.7. The Hall–Kier alpha value is -2.71. The van der Waals surface area contributed by atoms with Crippen LogP contribution in [0.1, 0.15) is 35.7 Å². The van der Waals surface area contributed by atoms with Crippen LogP contribution in [0.5, 0.6) is 0 Å². The number of nitrogens with one attached hydrogen (secondary N) is 2. The molecular weight excluding hydrogens is 380 g/mol. The van der Waals surface area contributed by atoms with Gasteiger partial charge in [0.15, 0.2) is 0 Å². The van der Waals surface area contributed by atoms with Crippen LogP contribution in [0.15, 0.2) is 53.4 Å². The van der Waals surface area contributed by atoms with E-state index in [9.17, 15) is 18.0 Å². The van der Waals surface area contributed by atoms with Crippen LogP contribution < -0.4 is 10.0 Å². The Morgan fingerprint density at radius 1 is 1.00 bits per heavy atom. The molecule has 0 saturated heterocycles. The fourth-order valence-corrected chi connectivity index (χ4v) is 3.13. The predicted octanol–water partition coefficient (Wildman–Crippen LogP) is 2.73. The first-order valence-electron chi connectivity index (χ1n) is 8.95. The molecule has 28 heavy (non-hydrogen) atoms. The number of aryl methyl sites for hydroxylation is 1. The largest absolute Gasteiger partial charge is 0.462 e. The van der Waals surface area contributed by atoms with Crippen molar-refractivity contribution >= 4 is 27.6 Å². The Kier molecular flexibility index (Phi) is 7.71. The minimum absolute atomic E-state index is 0.173. The summed E-state index contributed by atoms with van der Waals surface area (Å²) in [5.41, 5.74) is 1.88. The second kappa shape index (κ2) is 10.0. The van der Waals surface area contributed by atoms with Crippen LogP contribution in [0.3, 0.4) is 0 Å². The summed E-state index contributed by atoms with van der Waals surface area (Å²) in [5.74, 6) is -0.559. The molecule has 0 saturated carbocycles. The van der Waals surface area contributed by atoms with E-state index in [1.54, 1.807) is 36.4 Å². The molecule has 0 unspecified atom stereocenters. The number of sulfonamides is 1. The van der Waals surface area contributed by atoms with Gasteiger partial charge in [-0.1, -0.05) is 19.1 Å². The fraction of sp³-hybridized carbons (Fsp3) is 0.300. The molecule has 2 aromatic rings. The highest BCUT2D eigenvalue weighted by Crippen LogP contribution is 2.14. The lowest BCUT2D eigenvalue weighted by Crippen LogP contribution is -2.18. The smallest absolute Gasteiger partial charge is 0.338 e. The molecule has 0 bridgehead atoms. The van der Waals surface area contributed by atoms with E-state index in [2.05, 4.69) is 10.0 Å². The standard InChI is InChI=1S/C20H24N2O5S/c1-3-14-27-20(24)16-7-9-17(10-8-16)22-19(23)13-6-15-4-11-18(12-5-15)28(25,26)21-2/h4-5,7-12,21H,3,6,13-14H2,1-2H3,(H,22,23). The summed E-state index contributed by atoms with van der Waals surface area (Å²) in [4.78, 5) is 24.0. The third-order valence-corrected chi connectivity index (χ3v) is 5.41. The Morgan fingerprint density at radius 3 is 2.21 bits per heavy atom. The molecule has 7 nitrogen and oxygen atoms in total. The van der Waals surface area contributed by atoms with Gasteiger partial charge in [-0.2, -0.15) is 0 Å². The fourth-order valence-electron chi connectivity index (χ4n) is 2.40. The van der Waals surface area contributed by atoms with E-state index in [0.717, 1.165) is 12.0 Å². The zero-order valence-electron chi connectivity index (χ0n) is 15.9. The summed E-state index contributed by atoms with van der Waals surface area (Å²) in [6.07, 6.45) is 1.49. The number of esters is 1. The van der Waals surface area contributed by atoms with Gasteiger partial charge < -0.3 is 10.1 Å². The quantitative estimate of drug-likeness (QED) is 0.626. The number of anilines is 1. The van der Waals surface area contributed by atoms with Gasteiger partial charge in [-0.15, -0.1) is 0 Å². The molecular formula is C20H24N2O5S. The first-order chi connectivity index (χ1) is 13.4. The highest BCUT2D eigenvalue weighted by molar-refractivity contribution is 7.89. The average Bonchev–Trinajstić information content (AvgIpc) is 2.71. The minimum Gasteiger partial charge on any atom is -0.462 e. The topological polar surface area (TPSA) is 102 Å². The Bertz CT molecular complexity index is 907. The molecule has 0 atom stereocenters. The van der Waals surface area contributed by atoms with Gasteiger partial charge in [0.25, 0.3) is 0 Å². The molecule has 2 rings (SSSR count). The molecule has 0 spiro atoms. The molecule has 0 aliphatic carbocycles. The third-order valence-electron chi connectivity index (χ3n) is 3.98. The number of ether oxygens (including phenoxy) is 1. The van der Waals surface area contributed by atoms with E-state index in [0.29, 0.717) is 24.3 Å². The van der Waals surface area contributed by atoms with E-state index >= 15 is 0 Å². The van der Waals surface area contributed by atoms with Crippen molar-refractivity contribution in [3.63, 3.8) is 0 Å². The lowest BCUT2D eigenvalue weighted by Gasteiger charge is -2.08. The molecule has 1 amide bonds. The maximum atomic E-state index is 12.1. The summed E-state index contributed by atoms with van der Waals surface area (Å²) in [6.45, 7) is 2.30. The molecule has 0 radical (unpaired) electrons. The average molecular weight is 404 g/mol. The molecule has 0 aliphatic rings. The maximum Gasteiger partial charge on any atom is 0.338 e. The maximum absolute atomic E-state index is 12.1. The number of benzene rings is 2. The lowest BCUT2D eigenvalue weighted by atomic mass is 10.1. The summed E-state index contributed by atoms with van der Waals surface area (Å²) in [6, 6.07) is 12.9. The van der Waals surface area contributed by atoms with Crippen LogP contribution in [0.4, 0.5) is 5.69 Å². The Balaban J connectivity index is 1.86. The van der Waals surface area contributed by atoms with Crippen LogP contribution >= 0.6 is 0 Å². The molecule has 0 aromatic heterocycles. The Morgan fingerprint density at radius 2 is 1.64 bits per heavy atom. The molecule has 150 valence electrons. The number of rotatable bonds is 9. The molecule has 8 heteroatoms. The first kappa shape index (κ1) is 21.6. The van der Waals surface area contributed by atoms with Gasteiger partial charge in [-0.05, 0) is 61.9 Å². The zero-order valence-corrected chi connectivity index (χ0v) is 16.7. The second-order valence-electron chi connectivity index (χ2n) is 6.11. The van der Waals surface area contributed by atoms with Crippen molar-refractivity contribution in [3.05, 3.63) is 59.7 Å².